The highest BCUT2D eigenvalue weighted by molar-refractivity contribution is 7.71. The van der Waals surface area contributed by atoms with Crippen molar-refractivity contribution in [2.75, 3.05) is 82.3 Å². The first-order chi connectivity index (χ1) is 23.1. The molecule has 3 aromatic heterocycles. The molecule has 0 amide bonds. The van der Waals surface area contributed by atoms with Gasteiger partial charge in [0.05, 0.1) is 29.3 Å². The minimum Gasteiger partial charge on any atom is -0.494 e. The van der Waals surface area contributed by atoms with E-state index in [1.807, 2.05) is 12.1 Å². The van der Waals surface area contributed by atoms with Gasteiger partial charge in [-0.25, -0.2) is 4.98 Å². The zero-order valence-corrected chi connectivity index (χ0v) is 29.6. The maximum Gasteiger partial charge on any atom is 0.205 e. The summed E-state index contributed by atoms with van der Waals surface area (Å²) in [5.74, 6) is 1.45. The smallest absolute Gasteiger partial charge is 0.205 e. The van der Waals surface area contributed by atoms with E-state index in [1.165, 1.54) is 12.0 Å². The van der Waals surface area contributed by atoms with E-state index in [0.29, 0.717) is 51.1 Å². The van der Waals surface area contributed by atoms with Gasteiger partial charge < -0.3 is 29.7 Å². The van der Waals surface area contributed by atoms with E-state index in [4.69, 9.17) is 21.3 Å². The van der Waals surface area contributed by atoms with E-state index in [9.17, 15) is 4.57 Å². The summed E-state index contributed by atoms with van der Waals surface area (Å²) >= 11 is 6.85. The lowest BCUT2D eigenvalue weighted by Gasteiger charge is -2.43. The molecule has 2 fully saturated rings. The number of ether oxygens (including phenoxy) is 1. The van der Waals surface area contributed by atoms with E-state index < -0.39 is 7.14 Å². The molecule has 2 N–H and O–H groups in total. The van der Waals surface area contributed by atoms with Gasteiger partial charge in [-0.15, -0.1) is 10.2 Å². The number of aryl methyl sites for hydroxylation is 1. The third kappa shape index (κ3) is 6.27. The molecule has 0 bridgehead atoms. The molecule has 5 aromatic rings. The first kappa shape index (κ1) is 32.5. The standard InChI is InChI=1S/C33H41ClN11O2P/c1-21-18-25(27(47-3)19-26(21)44-12-8-22(9-13-44)43-16-14-42(2)15-17-43)39-32-33-41-37-20-45(33)30(34)31(40-32)38-24-7-6-23-28(36-11-10-35-23)29(24)48(4,5)46/h6-7,10-11,18-20,22,38H,8-9,12-17H2,1-5H3,(H,39,40). The zero-order chi connectivity index (χ0) is 33.6. The summed E-state index contributed by atoms with van der Waals surface area (Å²) in [5, 5.41) is 16.0. The molecule has 48 heavy (non-hydrogen) atoms. The molecular formula is C33H41ClN11O2P. The Balaban J connectivity index is 1.17. The minimum absolute atomic E-state index is 0.270. The van der Waals surface area contributed by atoms with Gasteiger partial charge in [0.15, 0.2) is 16.8 Å². The molecule has 0 unspecified atom stereocenters. The molecular weight excluding hydrogens is 649 g/mol. The summed E-state index contributed by atoms with van der Waals surface area (Å²) in [7, 11) is 1.07. The molecule has 13 nitrogen and oxygen atoms in total. The number of benzene rings is 2. The second-order valence-corrected chi connectivity index (χ2v) is 16.5. The quantitative estimate of drug-likeness (QED) is 0.213. The number of halogens is 1. The fourth-order valence-corrected chi connectivity index (χ4v) is 8.50. The average molecular weight is 690 g/mol. The van der Waals surface area contributed by atoms with Crippen molar-refractivity contribution in [3.8, 4) is 5.75 Å². The summed E-state index contributed by atoms with van der Waals surface area (Å²) in [6, 6.07) is 8.49. The van der Waals surface area contributed by atoms with Crippen molar-refractivity contribution in [2.24, 2.45) is 0 Å². The first-order valence-electron chi connectivity index (χ1n) is 16.2. The number of likely N-dealkylation sites (N-methyl/N-ethyl adjacent to an activating group) is 1. The van der Waals surface area contributed by atoms with Crippen molar-refractivity contribution >= 4 is 69.4 Å². The van der Waals surface area contributed by atoms with Crippen LogP contribution in [0.1, 0.15) is 18.4 Å². The maximum absolute atomic E-state index is 13.5. The number of aromatic nitrogens is 6. The Labute approximate surface area is 285 Å². The van der Waals surface area contributed by atoms with Gasteiger partial charge in [0.25, 0.3) is 0 Å². The van der Waals surface area contributed by atoms with Crippen molar-refractivity contribution in [2.45, 2.75) is 25.8 Å². The van der Waals surface area contributed by atoms with E-state index in [1.54, 1.807) is 37.2 Å². The number of anilines is 5. The van der Waals surface area contributed by atoms with Gasteiger partial charge in [-0.3, -0.25) is 19.3 Å². The van der Waals surface area contributed by atoms with E-state index in [-0.39, 0.29) is 5.15 Å². The third-order valence-corrected chi connectivity index (χ3v) is 11.3. The molecule has 5 heterocycles. The van der Waals surface area contributed by atoms with Gasteiger partial charge in [-0.1, -0.05) is 11.6 Å². The zero-order valence-electron chi connectivity index (χ0n) is 27.9. The lowest BCUT2D eigenvalue weighted by atomic mass is 10.0. The molecule has 2 aliphatic rings. The summed E-state index contributed by atoms with van der Waals surface area (Å²) in [4.78, 5) is 21.3. The van der Waals surface area contributed by atoms with Crippen molar-refractivity contribution < 1.29 is 9.30 Å². The molecule has 2 aliphatic heterocycles. The van der Waals surface area contributed by atoms with Crippen LogP contribution in [0.25, 0.3) is 16.7 Å². The van der Waals surface area contributed by atoms with Gasteiger partial charge in [0.1, 0.15) is 24.7 Å². The molecule has 0 radical (unpaired) electrons. The molecule has 7 rings (SSSR count). The highest BCUT2D eigenvalue weighted by Gasteiger charge is 2.28. The van der Waals surface area contributed by atoms with Crippen molar-refractivity contribution in [1.29, 1.82) is 0 Å². The van der Waals surface area contributed by atoms with E-state index in [0.717, 1.165) is 63.4 Å². The van der Waals surface area contributed by atoms with Crippen LogP contribution in [0.2, 0.25) is 5.15 Å². The topological polar surface area (TPSA) is 129 Å². The number of nitrogens with zero attached hydrogens (tertiary/aromatic N) is 9. The van der Waals surface area contributed by atoms with E-state index >= 15 is 0 Å². The molecule has 0 saturated carbocycles. The molecule has 15 heteroatoms. The van der Waals surface area contributed by atoms with Crippen LogP contribution in [0.3, 0.4) is 0 Å². The monoisotopic (exact) mass is 689 g/mol. The van der Waals surface area contributed by atoms with Crippen LogP contribution >= 0.6 is 18.7 Å². The normalized spacial score (nSPS) is 16.9. The Kier molecular flexibility index (Phi) is 8.88. The van der Waals surface area contributed by atoms with Crippen LogP contribution in [0, 0.1) is 6.92 Å². The number of nitrogens with one attached hydrogen (secondary N) is 2. The fourth-order valence-electron chi connectivity index (χ4n) is 6.89. The second kappa shape index (κ2) is 13.1. The van der Waals surface area contributed by atoms with Gasteiger partial charge in [-0.2, -0.15) is 0 Å². The lowest BCUT2D eigenvalue weighted by Crippen LogP contribution is -2.52. The van der Waals surface area contributed by atoms with Gasteiger partial charge in [-0.05, 0) is 63.9 Å². The van der Waals surface area contributed by atoms with Crippen LogP contribution in [0.15, 0.2) is 43.0 Å². The van der Waals surface area contributed by atoms with Gasteiger partial charge >= 0.3 is 0 Å². The molecule has 2 aromatic carbocycles. The van der Waals surface area contributed by atoms with Crippen molar-refractivity contribution in [3.05, 3.63) is 53.7 Å². The molecule has 0 aliphatic carbocycles. The number of hydrogen-bond acceptors (Lipinski definition) is 12. The largest absolute Gasteiger partial charge is 0.494 e. The molecule has 0 atom stereocenters. The van der Waals surface area contributed by atoms with Crippen LogP contribution in [0.4, 0.5) is 28.7 Å². The van der Waals surface area contributed by atoms with Crippen molar-refractivity contribution in [3.63, 3.8) is 0 Å². The predicted octanol–water partition coefficient (Wildman–Crippen LogP) is 4.99. The second-order valence-electron chi connectivity index (χ2n) is 13.0. The van der Waals surface area contributed by atoms with Crippen LogP contribution < -0.4 is 25.6 Å². The average Bonchev–Trinajstić information content (AvgIpc) is 3.58. The molecule has 252 valence electrons. The number of fused-ring (bicyclic) bond motifs is 2. The summed E-state index contributed by atoms with van der Waals surface area (Å²) in [6.07, 6.45) is 7.05. The lowest BCUT2D eigenvalue weighted by molar-refractivity contribution is 0.0982. The summed E-state index contributed by atoms with van der Waals surface area (Å²) < 4.78 is 21.1. The summed E-state index contributed by atoms with van der Waals surface area (Å²) in [6.45, 7) is 12.1. The Morgan fingerprint density at radius 1 is 0.958 bits per heavy atom. The molecule has 0 spiro atoms. The molecule has 2 saturated heterocycles. The van der Waals surface area contributed by atoms with Crippen LogP contribution in [-0.2, 0) is 4.57 Å². The number of hydrogen-bond donors (Lipinski definition) is 2. The number of piperidine rings is 1. The van der Waals surface area contributed by atoms with Gasteiger partial charge in [0.2, 0.25) is 5.65 Å². The SMILES string of the molecule is COc1cc(N2CCC(N3CCN(C)CC3)CC2)c(C)cc1Nc1nc(Nc2ccc3nccnc3c2P(C)(C)=O)c(Cl)n2cnnc12. The first-order valence-corrected chi connectivity index (χ1v) is 19.2. The highest BCUT2D eigenvalue weighted by Crippen LogP contribution is 2.42. The Hall–Kier alpha value is -4.03. The minimum atomic E-state index is -2.81. The third-order valence-electron chi connectivity index (χ3n) is 9.43. The van der Waals surface area contributed by atoms with E-state index in [2.05, 4.69) is 71.6 Å². The Bertz CT molecular complexity index is 2020. The number of rotatable bonds is 8. The number of piperazine rings is 1. The van der Waals surface area contributed by atoms with Crippen LogP contribution in [-0.4, -0.2) is 112 Å². The fraction of sp³-hybridized carbons (Fsp3) is 0.424. The Morgan fingerprint density at radius 3 is 2.42 bits per heavy atom. The maximum atomic E-state index is 13.5. The van der Waals surface area contributed by atoms with Crippen molar-refractivity contribution in [1.82, 2.24) is 39.3 Å². The Morgan fingerprint density at radius 2 is 1.69 bits per heavy atom. The van der Waals surface area contributed by atoms with Crippen LogP contribution in [0.5, 0.6) is 5.75 Å². The number of methoxy groups -OCH3 is 1. The van der Waals surface area contributed by atoms with Gasteiger partial charge in [0, 0.05) is 69.5 Å². The predicted molar refractivity (Wildman–Crippen MR) is 193 cm³/mol. The highest BCUT2D eigenvalue weighted by atomic mass is 35.5. The summed E-state index contributed by atoms with van der Waals surface area (Å²) in [5.41, 5.74) is 5.29.